The summed E-state index contributed by atoms with van der Waals surface area (Å²) >= 11 is 0. The molecule has 1 unspecified atom stereocenters. The number of hydrogen-bond donors (Lipinski definition) is 2. The molecule has 2 aliphatic heterocycles. The van der Waals surface area contributed by atoms with E-state index in [4.69, 9.17) is 9.15 Å². The van der Waals surface area contributed by atoms with Gasteiger partial charge in [-0.3, -0.25) is 10.1 Å². The Labute approximate surface area is 111 Å². The highest BCUT2D eigenvalue weighted by Crippen LogP contribution is 2.23. The average Bonchev–Trinajstić information content (AvgIpc) is 3.10. The smallest absolute Gasteiger partial charge is 0.322 e. The third-order valence-electron chi connectivity index (χ3n) is 3.62. The van der Waals surface area contributed by atoms with Crippen molar-refractivity contribution in [1.82, 2.24) is 15.5 Å². The van der Waals surface area contributed by atoms with E-state index in [1.807, 2.05) is 0 Å². The Morgan fingerprint density at radius 2 is 2.11 bits per heavy atom. The maximum atomic E-state index is 12.0. The zero-order chi connectivity index (χ0) is 13.1. The van der Waals surface area contributed by atoms with Crippen LogP contribution in [0.4, 0.5) is 6.01 Å². The van der Waals surface area contributed by atoms with Gasteiger partial charge in [-0.25, -0.2) is 0 Å². The van der Waals surface area contributed by atoms with Gasteiger partial charge in [0.25, 0.3) is 0 Å². The number of rotatable bonds is 3. The van der Waals surface area contributed by atoms with Crippen molar-refractivity contribution in [3.63, 3.8) is 0 Å². The number of amides is 1. The lowest BCUT2D eigenvalue weighted by atomic mass is 10.00. The topological polar surface area (TPSA) is 89.3 Å². The number of carbonyl (C=O) groups is 1. The third kappa shape index (κ3) is 2.93. The number of nitrogens with zero attached hydrogens (tertiary/aromatic N) is 2. The standard InChI is InChI=1S/C12H18N4O3/c17-10(8-3-6-18-7-4-8)14-12-16-15-11(19-12)9-2-1-5-13-9/h8-9,13H,1-7H2,(H,14,16,17). The molecule has 104 valence electrons. The second-order valence-electron chi connectivity index (χ2n) is 4.97. The van der Waals surface area contributed by atoms with Crippen molar-refractivity contribution in [2.45, 2.75) is 31.7 Å². The van der Waals surface area contributed by atoms with Gasteiger partial charge in [-0.15, -0.1) is 5.10 Å². The fourth-order valence-electron chi connectivity index (χ4n) is 2.49. The van der Waals surface area contributed by atoms with Crippen molar-refractivity contribution in [3.8, 4) is 0 Å². The molecule has 19 heavy (non-hydrogen) atoms. The molecule has 1 amide bonds. The van der Waals surface area contributed by atoms with Crippen molar-refractivity contribution < 1.29 is 13.9 Å². The van der Waals surface area contributed by atoms with Gasteiger partial charge in [0.2, 0.25) is 11.8 Å². The Hall–Kier alpha value is -1.47. The molecule has 0 aromatic carbocycles. The van der Waals surface area contributed by atoms with Crippen molar-refractivity contribution in [3.05, 3.63) is 5.89 Å². The second kappa shape index (κ2) is 5.66. The van der Waals surface area contributed by atoms with Crippen LogP contribution >= 0.6 is 0 Å². The van der Waals surface area contributed by atoms with Crippen molar-refractivity contribution in [2.75, 3.05) is 25.1 Å². The fraction of sp³-hybridized carbons (Fsp3) is 0.750. The number of aromatic nitrogens is 2. The van der Waals surface area contributed by atoms with Gasteiger partial charge in [-0.05, 0) is 32.2 Å². The van der Waals surface area contributed by atoms with Gasteiger partial charge in [0.1, 0.15) is 0 Å². The molecule has 1 aromatic rings. The molecule has 2 aliphatic rings. The maximum absolute atomic E-state index is 12.0. The van der Waals surface area contributed by atoms with Crippen LogP contribution in [0.3, 0.4) is 0 Å². The van der Waals surface area contributed by atoms with Gasteiger partial charge in [0.05, 0.1) is 6.04 Å². The summed E-state index contributed by atoms with van der Waals surface area (Å²) < 4.78 is 10.7. The summed E-state index contributed by atoms with van der Waals surface area (Å²) in [6, 6.07) is 0.321. The van der Waals surface area contributed by atoms with Gasteiger partial charge in [0.15, 0.2) is 0 Å². The summed E-state index contributed by atoms with van der Waals surface area (Å²) in [5.41, 5.74) is 0. The molecule has 0 spiro atoms. The molecule has 1 aromatic heterocycles. The SMILES string of the molecule is O=C(Nc1nnc(C2CCCN2)o1)C1CCOCC1. The Balaban J connectivity index is 1.58. The lowest BCUT2D eigenvalue weighted by Crippen LogP contribution is -2.28. The lowest BCUT2D eigenvalue weighted by molar-refractivity contribution is -0.122. The first-order valence-corrected chi connectivity index (χ1v) is 6.78. The van der Waals surface area contributed by atoms with E-state index < -0.39 is 0 Å². The Bertz CT molecular complexity index is 436. The predicted molar refractivity (Wildman–Crippen MR) is 66.4 cm³/mol. The summed E-state index contributed by atoms with van der Waals surface area (Å²) in [6.45, 7) is 2.25. The highest BCUT2D eigenvalue weighted by Gasteiger charge is 2.25. The van der Waals surface area contributed by atoms with Gasteiger partial charge >= 0.3 is 6.01 Å². The summed E-state index contributed by atoms with van der Waals surface area (Å²) in [7, 11) is 0. The van der Waals surface area contributed by atoms with E-state index in [1.54, 1.807) is 0 Å². The van der Waals surface area contributed by atoms with Crippen molar-refractivity contribution in [2.24, 2.45) is 5.92 Å². The minimum atomic E-state index is -0.0575. The first-order valence-electron chi connectivity index (χ1n) is 6.78. The largest absolute Gasteiger partial charge is 0.406 e. The first-order chi connectivity index (χ1) is 9.33. The molecule has 0 saturated carbocycles. The number of nitrogens with one attached hydrogen (secondary N) is 2. The minimum absolute atomic E-state index is 0.0197. The minimum Gasteiger partial charge on any atom is -0.406 e. The second-order valence-corrected chi connectivity index (χ2v) is 4.97. The lowest BCUT2D eigenvalue weighted by Gasteiger charge is -2.20. The highest BCUT2D eigenvalue weighted by molar-refractivity contribution is 5.90. The van der Waals surface area contributed by atoms with E-state index in [9.17, 15) is 4.79 Å². The Kier molecular flexibility index (Phi) is 3.74. The summed E-state index contributed by atoms with van der Waals surface area (Å²) in [5, 5.41) is 13.8. The molecule has 0 radical (unpaired) electrons. The van der Waals surface area contributed by atoms with E-state index in [0.717, 1.165) is 32.2 Å². The van der Waals surface area contributed by atoms with E-state index >= 15 is 0 Å². The quantitative estimate of drug-likeness (QED) is 0.843. The first kappa shape index (κ1) is 12.6. The van der Waals surface area contributed by atoms with E-state index in [2.05, 4.69) is 20.8 Å². The fourth-order valence-corrected chi connectivity index (χ4v) is 2.49. The molecular weight excluding hydrogens is 248 g/mol. The number of anilines is 1. The molecule has 2 N–H and O–H groups in total. The summed E-state index contributed by atoms with van der Waals surface area (Å²) in [5.74, 6) is 0.478. The van der Waals surface area contributed by atoms with Gasteiger partial charge in [0, 0.05) is 19.1 Å². The Morgan fingerprint density at radius 3 is 2.84 bits per heavy atom. The van der Waals surface area contributed by atoms with Crippen LogP contribution in [0.15, 0.2) is 4.42 Å². The van der Waals surface area contributed by atoms with Crippen LogP contribution < -0.4 is 10.6 Å². The van der Waals surface area contributed by atoms with Crippen LogP contribution in [0.25, 0.3) is 0 Å². The van der Waals surface area contributed by atoms with Crippen LogP contribution in [-0.4, -0.2) is 35.9 Å². The summed E-state index contributed by atoms with van der Waals surface area (Å²) in [4.78, 5) is 12.0. The predicted octanol–water partition coefficient (Wildman–Crippen LogP) is 0.859. The van der Waals surface area contributed by atoms with E-state index in [0.29, 0.717) is 19.1 Å². The third-order valence-corrected chi connectivity index (χ3v) is 3.62. The average molecular weight is 266 g/mol. The van der Waals surface area contributed by atoms with Crippen molar-refractivity contribution >= 4 is 11.9 Å². The van der Waals surface area contributed by atoms with Gasteiger partial charge in [-0.2, -0.15) is 0 Å². The molecule has 3 heterocycles. The molecule has 7 nitrogen and oxygen atoms in total. The molecule has 0 bridgehead atoms. The molecule has 7 heteroatoms. The number of hydrogen-bond acceptors (Lipinski definition) is 6. The van der Waals surface area contributed by atoms with Crippen LogP contribution in [0.2, 0.25) is 0 Å². The van der Waals surface area contributed by atoms with Crippen LogP contribution in [0.5, 0.6) is 0 Å². The van der Waals surface area contributed by atoms with E-state index in [-0.39, 0.29) is 23.9 Å². The zero-order valence-electron chi connectivity index (χ0n) is 10.7. The number of ether oxygens (including phenoxy) is 1. The van der Waals surface area contributed by atoms with E-state index in [1.165, 1.54) is 0 Å². The monoisotopic (exact) mass is 266 g/mol. The number of carbonyl (C=O) groups excluding carboxylic acids is 1. The molecule has 3 rings (SSSR count). The zero-order valence-corrected chi connectivity index (χ0v) is 10.7. The Morgan fingerprint density at radius 1 is 1.26 bits per heavy atom. The summed E-state index contributed by atoms with van der Waals surface area (Å²) in [6.07, 6.45) is 3.60. The van der Waals surface area contributed by atoms with Crippen LogP contribution in [0.1, 0.15) is 37.6 Å². The normalized spacial score (nSPS) is 24.5. The highest BCUT2D eigenvalue weighted by atomic mass is 16.5. The van der Waals surface area contributed by atoms with Crippen LogP contribution in [0, 0.1) is 5.92 Å². The van der Waals surface area contributed by atoms with Crippen molar-refractivity contribution in [1.29, 1.82) is 0 Å². The molecule has 2 fully saturated rings. The molecule has 2 saturated heterocycles. The maximum Gasteiger partial charge on any atom is 0.322 e. The molecular formula is C12H18N4O3. The van der Waals surface area contributed by atoms with Crippen LogP contribution in [-0.2, 0) is 9.53 Å². The molecule has 1 atom stereocenters. The molecule has 0 aliphatic carbocycles. The van der Waals surface area contributed by atoms with Gasteiger partial charge < -0.3 is 14.5 Å². The van der Waals surface area contributed by atoms with Gasteiger partial charge in [-0.1, -0.05) is 5.10 Å².